The van der Waals surface area contributed by atoms with E-state index < -0.39 is 0 Å². The summed E-state index contributed by atoms with van der Waals surface area (Å²) in [4.78, 5) is 4.21. The molecule has 1 aliphatic rings. The number of pyridine rings is 1. The highest BCUT2D eigenvalue weighted by Crippen LogP contribution is 2.35. The van der Waals surface area contributed by atoms with E-state index in [0.29, 0.717) is 16.6 Å². The lowest BCUT2D eigenvalue weighted by atomic mass is 9.82. The lowest BCUT2D eigenvalue weighted by Gasteiger charge is -2.24. The second-order valence-electron chi connectivity index (χ2n) is 3.31. The Balaban J connectivity index is 2.30. The molecule has 0 N–H and O–H groups in total. The van der Waals surface area contributed by atoms with Gasteiger partial charge in [0.2, 0.25) is 0 Å². The molecule has 66 valence electrons. The topological polar surface area (TPSA) is 36.7 Å². The molecule has 1 aromatic heterocycles. The Bertz CT molecular complexity index is 364. The molecule has 0 bridgehead atoms. The van der Waals surface area contributed by atoms with Crippen LogP contribution < -0.4 is 0 Å². The van der Waals surface area contributed by atoms with Gasteiger partial charge in [-0.05, 0) is 25.0 Å². The summed E-state index contributed by atoms with van der Waals surface area (Å²) in [5, 5.41) is 8.98. The molecule has 0 saturated heterocycles. The Morgan fingerprint density at radius 2 is 2.23 bits per heavy atom. The van der Waals surface area contributed by atoms with Crippen LogP contribution >= 0.6 is 11.6 Å². The number of aromatic nitrogens is 1. The van der Waals surface area contributed by atoms with E-state index >= 15 is 0 Å². The van der Waals surface area contributed by atoms with Crippen molar-refractivity contribution in [3.05, 3.63) is 28.5 Å². The molecule has 0 aromatic carbocycles. The zero-order valence-corrected chi connectivity index (χ0v) is 7.88. The van der Waals surface area contributed by atoms with Gasteiger partial charge < -0.3 is 0 Å². The summed E-state index contributed by atoms with van der Waals surface area (Å²) >= 11 is 5.82. The second kappa shape index (κ2) is 3.35. The van der Waals surface area contributed by atoms with Crippen molar-refractivity contribution >= 4 is 11.6 Å². The van der Waals surface area contributed by atoms with Crippen LogP contribution in [0.15, 0.2) is 12.1 Å². The number of nitrogens with zero attached hydrogens (tertiary/aromatic N) is 2. The van der Waals surface area contributed by atoms with Crippen molar-refractivity contribution in [3.8, 4) is 6.07 Å². The van der Waals surface area contributed by atoms with Crippen LogP contribution in [-0.4, -0.2) is 4.98 Å². The quantitative estimate of drug-likeness (QED) is 0.642. The van der Waals surface area contributed by atoms with Crippen LogP contribution in [0.1, 0.15) is 36.4 Å². The van der Waals surface area contributed by atoms with Crippen molar-refractivity contribution in [1.29, 1.82) is 5.26 Å². The normalized spacial score (nSPS) is 16.3. The number of nitriles is 1. The summed E-state index contributed by atoms with van der Waals surface area (Å²) in [5.41, 5.74) is 1.50. The van der Waals surface area contributed by atoms with Gasteiger partial charge in [0.15, 0.2) is 0 Å². The van der Waals surface area contributed by atoms with E-state index in [1.54, 1.807) is 6.07 Å². The Morgan fingerprint density at radius 3 is 2.69 bits per heavy atom. The fourth-order valence-electron chi connectivity index (χ4n) is 1.46. The molecular weight excluding hydrogens is 184 g/mol. The summed E-state index contributed by atoms with van der Waals surface area (Å²) in [6.07, 6.45) is 3.69. The van der Waals surface area contributed by atoms with Gasteiger partial charge >= 0.3 is 0 Å². The van der Waals surface area contributed by atoms with Gasteiger partial charge in [0.1, 0.15) is 11.2 Å². The standard InChI is InChI=1S/C10H9ClN2/c11-10-8(6-12)4-5-9(13-10)7-2-1-3-7/h4-5,7H,1-3H2. The second-order valence-corrected chi connectivity index (χ2v) is 3.67. The maximum absolute atomic E-state index is 8.64. The molecule has 0 radical (unpaired) electrons. The molecule has 1 fully saturated rings. The summed E-state index contributed by atoms with van der Waals surface area (Å²) in [5.74, 6) is 0.574. The molecular formula is C10H9ClN2. The van der Waals surface area contributed by atoms with E-state index in [1.807, 2.05) is 12.1 Å². The van der Waals surface area contributed by atoms with Crippen LogP contribution in [0.3, 0.4) is 0 Å². The molecule has 1 heterocycles. The average molecular weight is 193 g/mol. The molecule has 13 heavy (non-hydrogen) atoms. The SMILES string of the molecule is N#Cc1ccc(C2CCC2)nc1Cl. The molecule has 1 aliphatic carbocycles. The number of rotatable bonds is 1. The van der Waals surface area contributed by atoms with Gasteiger partial charge in [-0.2, -0.15) is 5.26 Å². The number of hydrogen-bond acceptors (Lipinski definition) is 2. The highest BCUT2D eigenvalue weighted by atomic mass is 35.5. The third kappa shape index (κ3) is 1.52. The fourth-order valence-corrected chi connectivity index (χ4v) is 1.67. The maximum Gasteiger partial charge on any atom is 0.147 e. The zero-order chi connectivity index (χ0) is 9.26. The Kier molecular flexibility index (Phi) is 2.20. The van der Waals surface area contributed by atoms with Gasteiger partial charge in [-0.1, -0.05) is 18.0 Å². The summed E-state index contributed by atoms with van der Waals surface area (Å²) < 4.78 is 0. The van der Waals surface area contributed by atoms with E-state index in [1.165, 1.54) is 19.3 Å². The maximum atomic E-state index is 8.64. The van der Waals surface area contributed by atoms with Crippen LogP contribution in [0, 0.1) is 11.3 Å². The number of halogens is 1. The van der Waals surface area contributed by atoms with E-state index in [4.69, 9.17) is 16.9 Å². The van der Waals surface area contributed by atoms with Crippen LogP contribution in [0.5, 0.6) is 0 Å². The molecule has 1 aromatic rings. The van der Waals surface area contributed by atoms with Crippen molar-refractivity contribution in [2.45, 2.75) is 25.2 Å². The molecule has 0 aliphatic heterocycles. The van der Waals surface area contributed by atoms with Crippen molar-refractivity contribution < 1.29 is 0 Å². The first-order chi connectivity index (χ1) is 6.31. The van der Waals surface area contributed by atoms with Gasteiger partial charge in [0.05, 0.1) is 5.56 Å². The fraction of sp³-hybridized carbons (Fsp3) is 0.400. The molecule has 0 spiro atoms. The van der Waals surface area contributed by atoms with Crippen molar-refractivity contribution in [1.82, 2.24) is 4.98 Å². The smallest absolute Gasteiger partial charge is 0.147 e. The first-order valence-electron chi connectivity index (χ1n) is 4.38. The number of hydrogen-bond donors (Lipinski definition) is 0. The van der Waals surface area contributed by atoms with Gasteiger partial charge in [0.25, 0.3) is 0 Å². The van der Waals surface area contributed by atoms with E-state index in [9.17, 15) is 0 Å². The minimum Gasteiger partial charge on any atom is -0.239 e. The molecule has 3 heteroatoms. The molecule has 0 atom stereocenters. The predicted molar refractivity (Wildman–Crippen MR) is 50.6 cm³/mol. The van der Waals surface area contributed by atoms with Crippen LogP contribution in [-0.2, 0) is 0 Å². The molecule has 1 saturated carbocycles. The summed E-state index contributed by atoms with van der Waals surface area (Å²) in [6, 6.07) is 5.67. The zero-order valence-electron chi connectivity index (χ0n) is 7.13. The molecule has 0 unspecified atom stereocenters. The van der Waals surface area contributed by atoms with Gasteiger partial charge in [-0.25, -0.2) is 4.98 Å². The van der Waals surface area contributed by atoms with E-state index in [0.717, 1.165) is 5.69 Å². The Hall–Kier alpha value is -1.07. The highest BCUT2D eigenvalue weighted by Gasteiger charge is 2.21. The monoisotopic (exact) mass is 192 g/mol. The molecule has 2 rings (SSSR count). The van der Waals surface area contributed by atoms with Gasteiger partial charge in [-0.15, -0.1) is 0 Å². The van der Waals surface area contributed by atoms with Gasteiger partial charge in [-0.3, -0.25) is 0 Å². The first-order valence-corrected chi connectivity index (χ1v) is 4.75. The minimum absolute atomic E-state index is 0.340. The van der Waals surface area contributed by atoms with Crippen molar-refractivity contribution in [3.63, 3.8) is 0 Å². The van der Waals surface area contributed by atoms with Crippen LogP contribution in [0.25, 0.3) is 0 Å². The third-order valence-electron chi connectivity index (χ3n) is 2.51. The lowest BCUT2D eigenvalue weighted by molar-refractivity contribution is 0.411. The summed E-state index contributed by atoms with van der Waals surface area (Å²) in [6.45, 7) is 0. The Morgan fingerprint density at radius 1 is 1.46 bits per heavy atom. The summed E-state index contributed by atoms with van der Waals surface area (Å²) in [7, 11) is 0. The highest BCUT2D eigenvalue weighted by molar-refractivity contribution is 6.30. The lowest BCUT2D eigenvalue weighted by Crippen LogP contribution is -2.10. The third-order valence-corrected chi connectivity index (χ3v) is 2.80. The van der Waals surface area contributed by atoms with Crippen molar-refractivity contribution in [2.24, 2.45) is 0 Å². The predicted octanol–water partition coefficient (Wildman–Crippen LogP) is 2.87. The minimum atomic E-state index is 0.340. The van der Waals surface area contributed by atoms with Crippen LogP contribution in [0.4, 0.5) is 0 Å². The Labute approximate surface area is 82.2 Å². The van der Waals surface area contributed by atoms with Crippen LogP contribution in [0.2, 0.25) is 5.15 Å². The van der Waals surface area contributed by atoms with E-state index in [2.05, 4.69) is 4.98 Å². The van der Waals surface area contributed by atoms with E-state index in [-0.39, 0.29) is 0 Å². The largest absolute Gasteiger partial charge is 0.239 e. The van der Waals surface area contributed by atoms with Gasteiger partial charge in [0, 0.05) is 11.6 Å². The molecule has 0 amide bonds. The average Bonchev–Trinajstić information content (AvgIpc) is 2.01. The first kappa shape index (κ1) is 8.52. The molecule has 2 nitrogen and oxygen atoms in total. The van der Waals surface area contributed by atoms with Crippen molar-refractivity contribution in [2.75, 3.05) is 0 Å².